The van der Waals surface area contributed by atoms with Gasteiger partial charge in [0.15, 0.2) is 0 Å². The van der Waals surface area contributed by atoms with E-state index in [1.807, 2.05) is 51.1 Å². The monoisotopic (exact) mass is 665 g/mol. The fraction of sp³-hybridized carbons (Fsp3) is 0.703. The molecule has 4 aliphatic rings. The number of rotatable bonds is 12. The molecule has 48 heavy (non-hydrogen) atoms. The van der Waals surface area contributed by atoms with Crippen molar-refractivity contribution in [2.75, 3.05) is 6.54 Å². The standard InChI is InChI=1S/C37H55N5O6/c1-35(2,3)30(40-34(48)41-37(17-10-7-11-18-37)26(43)20-23-13-8-6-9-14-23)33(47)42-21-24-27(36(24,4)5)28(42)32(46)39-25(29(44)31(38)45)19-22-15-12-16-22/h6,8-9,13-14,22,24-28,30,43H,7,10-12,15-21H2,1-5H3,(H2,38,45)(H,39,46)(H2,40,41,48)/t24-,25?,26?,27-,28-,30+/m0/s1. The number of carbonyl (C=O) groups excluding carboxylic acids is 5. The molecule has 0 radical (unpaired) electrons. The molecule has 0 bridgehead atoms. The van der Waals surface area contributed by atoms with Gasteiger partial charge in [0.25, 0.3) is 5.91 Å². The Hall–Kier alpha value is -3.47. The number of ketones is 1. The minimum Gasteiger partial charge on any atom is -0.390 e. The predicted molar refractivity (Wildman–Crippen MR) is 181 cm³/mol. The summed E-state index contributed by atoms with van der Waals surface area (Å²) in [5.74, 6) is -2.56. The van der Waals surface area contributed by atoms with Crippen LogP contribution in [0.4, 0.5) is 4.79 Å². The van der Waals surface area contributed by atoms with Crippen LogP contribution < -0.4 is 21.7 Å². The Labute approximate surface area is 284 Å². The van der Waals surface area contributed by atoms with E-state index < -0.39 is 58.8 Å². The van der Waals surface area contributed by atoms with E-state index in [4.69, 9.17) is 5.73 Å². The second-order valence-corrected chi connectivity index (χ2v) is 16.5. The first-order valence-electron chi connectivity index (χ1n) is 17.8. The van der Waals surface area contributed by atoms with Gasteiger partial charge in [-0.05, 0) is 53.4 Å². The molecule has 4 fully saturated rings. The molecule has 11 heteroatoms. The minimum absolute atomic E-state index is 0.0854. The summed E-state index contributed by atoms with van der Waals surface area (Å²) in [6.07, 6.45) is 6.84. The summed E-state index contributed by atoms with van der Waals surface area (Å²) in [5, 5.41) is 20.4. The Bertz CT molecular complexity index is 1380. The van der Waals surface area contributed by atoms with Crippen molar-refractivity contribution in [3.63, 3.8) is 0 Å². The third-order valence-electron chi connectivity index (χ3n) is 11.8. The van der Waals surface area contributed by atoms with E-state index in [1.54, 1.807) is 4.90 Å². The van der Waals surface area contributed by atoms with Gasteiger partial charge in [-0.1, -0.05) is 103 Å². The Morgan fingerprint density at radius 1 is 0.979 bits per heavy atom. The predicted octanol–water partition coefficient (Wildman–Crippen LogP) is 3.22. The smallest absolute Gasteiger partial charge is 0.315 e. The number of fused-ring (bicyclic) bond motifs is 1. The average molecular weight is 666 g/mol. The topological polar surface area (TPSA) is 171 Å². The van der Waals surface area contributed by atoms with Crippen molar-refractivity contribution in [3.8, 4) is 0 Å². The van der Waals surface area contributed by atoms with Gasteiger partial charge in [-0.3, -0.25) is 19.2 Å². The maximum Gasteiger partial charge on any atom is 0.315 e. The van der Waals surface area contributed by atoms with Crippen molar-refractivity contribution >= 4 is 29.5 Å². The van der Waals surface area contributed by atoms with E-state index in [1.165, 1.54) is 0 Å². The molecule has 0 spiro atoms. The highest BCUT2D eigenvalue weighted by atomic mass is 16.3. The number of likely N-dealkylation sites (tertiary alicyclic amines) is 1. The molecule has 1 saturated heterocycles. The summed E-state index contributed by atoms with van der Waals surface area (Å²) in [6.45, 7) is 10.1. The highest BCUT2D eigenvalue weighted by Gasteiger charge is 2.70. The van der Waals surface area contributed by atoms with Crippen molar-refractivity contribution in [3.05, 3.63) is 35.9 Å². The summed E-state index contributed by atoms with van der Waals surface area (Å²) in [5.41, 5.74) is 4.60. The number of urea groups is 1. The van der Waals surface area contributed by atoms with Crippen LogP contribution in [0.25, 0.3) is 0 Å². The lowest BCUT2D eigenvalue weighted by Gasteiger charge is -2.43. The van der Waals surface area contributed by atoms with Crippen LogP contribution in [0.3, 0.4) is 0 Å². The number of aliphatic hydroxyl groups is 1. The molecule has 1 aromatic rings. The summed E-state index contributed by atoms with van der Waals surface area (Å²) in [6, 6.07) is 6.31. The molecule has 1 aliphatic heterocycles. The molecule has 0 aromatic heterocycles. The van der Waals surface area contributed by atoms with Crippen LogP contribution in [0.2, 0.25) is 0 Å². The molecule has 1 heterocycles. The van der Waals surface area contributed by atoms with E-state index in [0.717, 1.165) is 44.1 Å². The van der Waals surface area contributed by atoms with Gasteiger partial charge in [-0.25, -0.2) is 4.79 Å². The quantitative estimate of drug-likeness (QED) is 0.215. The molecule has 11 nitrogen and oxygen atoms in total. The van der Waals surface area contributed by atoms with Crippen LogP contribution >= 0.6 is 0 Å². The van der Waals surface area contributed by atoms with E-state index in [2.05, 4.69) is 29.8 Å². The number of nitrogens with zero attached hydrogens (tertiary/aromatic N) is 1. The summed E-state index contributed by atoms with van der Waals surface area (Å²) >= 11 is 0. The number of hydrogen-bond acceptors (Lipinski definition) is 6. The maximum absolute atomic E-state index is 14.4. The number of carbonyl (C=O) groups is 5. The number of Topliss-reactive ketones (excluding diaryl/α,β-unsaturated/α-hetero) is 1. The summed E-state index contributed by atoms with van der Waals surface area (Å²) in [4.78, 5) is 68.4. The van der Waals surface area contributed by atoms with Crippen LogP contribution in [0, 0.1) is 28.6 Å². The maximum atomic E-state index is 14.4. The van der Waals surface area contributed by atoms with Gasteiger partial charge >= 0.3 is 6.03 Å². The first-order chi connectivity index (χ1) is 22.5. The molecule has 5 amide bonds. The first kappa shape index (κ1) is 35.8. The van der Waals surface area contributed by atoms with Gasteiger partial charge in [0.2, 0.25) is 17.6 Å². The largest absolute Gasteiger partial charge is 0.390 e. The number of primary amides is 1. The van der Waals surface area contributed by atoms with Crippen molar-refractivity contribution in [1.82, 2.24) is 20.9 Å². The molecule has 6 atom stereocenters. The molecule has 1 aromatic carbocycles. The summed E-state index contributed by atoms with van der Waals surface area (Å²) in [7, 11) is 0. The number of piperidine rings is 1. The molecule has 3 saturated carbocycles. The first-order valence-corrected chi connectivity index (χ1v) is 17.8. The lowest BCUT2D eigenvalue weighted by molar-refractivity contribution is -0.145. The fourth-order valence-electron chi connectivity index (χ4n) is 8.50. The van der Waals surface area contributed by atoms with Crippen LogP contribution in [-0.4, -0.2) is 75.9 Å². The van der Waals surface area contributed by atoms with Crippen molar-refractivity contribution in [2.24, 2.45) is 34.3 Å². The molecular weight excluding hydrogens is 610 g/mol. The molecule has 6 N–H and O–H groups in total. The van der Waals surface area contributed by atoms with E-state index in [0.29, 0.717) is 32.2 Å². The van der Waals surface area contributed by atoms with Crippen molar-refractivity contribution in [2.45, 2.75) is 129 Å². The lowest BCUT2D eigenvalue weighted by atomic mass is 9.76. The third kappa shape index (κ3) is 7.40. The Balaban J connectivity index is 1.33. The second kappa shape index (κ2) is 13.8. The SMILES string of the molecule is CC(C)(C)[C@H](NC(=O)NC1(C(O)Cc2ccccc2)CCCCC1)C(=O)N1C[C@H]2[C@@H]([C@H]1C(=O)NC(CC1CCC1)C(=O)C(N)=O)C2(C)C. The number of benzene rings is 1. The van der Waals surface area contributed by atoms with E-state index in [-0.39, 0.29) is 29.1 Å². The Morgan fingerprint density at radius 2 is 1.62 bits per heavy atom. The highest BCUT2D eigenvalue weighted by molar-refractivity contribution is 6.37. The molecule has 264 valence electrons. The third-order valence-corrected chi connectivity index (χ3v) is 11.8. The Kier molecular flexibility index (Phi) is 10.3. The number of amides is 5. The van der Waals surface area contributed by atoms with Gasteiger partial charge in [0, 0.05) is 13.0 Å². The zero-order chi connectivity index (χ0) is 35.0. The van der Waals surface area contributed by atoms with Crippen molar-refractivity contribution < 1.29 is 29.1 Å². The van der Waals surface area contributed by atoms with Gasteiger partial charge in [-0.15, -0.1) is 0 Å². The molecule has 5 rings (SSSR count). The van der Waals surface area contributed by atoms with Gasteiger partial charge in [-0.2, -0.15) is 0 Å². The number of nitrogens with one attached hydrogen (secondary N) is 3. The van der Waals surface area contributed by atoms with Crippen LogP contribution in [0.1, 0.15) is 98.0 Å². The second-order valence-electron chi connectivity index (χ2n) is 16.5. The highest BCUT2D eigenvalue weighted by Crippen LogP contribution is 2.65. The van der Waals surface area contributed by atoms with E-state index in [9.17, 15) is 29.1 Å². The number of aliphatic hydroxyl groups excluding tert-OH is 1. The Morgan fingerprint density at radius 3 is 2.19 bits per heavy atom. The molecular formula is C37H55N5O6. The van der Waals surface area contributed by atoms with Gasteiger partial charge < -0.3 is 31.7 Å². The number of nitrogens with two attached hydrogens (primary N) is 1. The lowest BCUT2D eigenvalue weighted by Crippen LogP contribution is -2.65. The van der Waals surface area contributed by atoms with Crippen LogP contribution in [0.5, 0.6) is 0 Å². The summed E-state index contributed by atoms with van der Waals surface area (Å²) < 4.78 is 0. The molecule has 3 aliphatic carbocycles. The minimum atomic E-state index is -1.09. The van der Waals surface area contributed by atoms with E-state index >= 15 is 0 Å². The zero-order valence-corrected chi connectivity index (χ0v) is 29.2. The average Bonchev–Trinajstić information content (AvgIpc) is 3.32. The van der Waals surface area contributed by atoms with Crippen LogP contribution in [0.15, 0.2) is 30.3 Å². The van der Waals surface area contributed by atoms with Gasteiger partial charge in [0.1, 0.15) is 12.1 Å². The zero-order valence-electron chi connectivity index (χ0n) is 29.2. The fourth-order valence-corrected chi connectivity index (χ4v) is 8.50. The molecule has 2 unspecified atom stereocenters. The normalized spacial score (nSPS) is 26.2. The van der Waals surface area contributed by atoms with Crippen molar-refractivity contribution in [1.29, 1.82) is 0 Å². The number of hydrogen-bond donors (Lipinski definition) is 5. The van der Waals surface area contributed by atoms with Gasteiger partial charge in [0.05, 0.1) is 17.7 Å². The van der Waals surface area contributed by atoms with Crippen LogP contribution in [-0.2, 0) is 25.6 Å².